The summed E-state index contributed by atoms with van der Waals surface area (Å²) < 4.78 is 41.2. The van der Waals surface area contributed by atoms with Gasteiger partial charge in [-0.3, -0.25) is 9.59 Å². The number of amides is 2. The Bertz CT molecular complexity index is 1030. The van der Waals surface area contributed by atoms with Crippen molar-refractivity contribution in [2.75, 3.05) is 18.8 Å². The Morgan fingerprint density at radius 3 is 2.62 bits per heavy atom. The van der Waals surface area contributed by atoms with Gasteiger partial charge in [0.2, 0.25) is 0 Å². The number of thiazole rings is 1. The molecule has 0 spiro atoms. The number of nitrogens with zero attached hydrogens (tertiary/aromatic N) is 3. The Morgan fingerprint density at radius 1 is 1.38 bits per heavy atom. The first kappa shape index (κ1) is 23.9. The molecule has 174 valence electrons. The van der Waals surface area contributed by atoms with Crippen molar-refractivity contribution in [2.24, 2.45) is 0 Å². The second kappa shape index (κ2) is 8.66. The first-order valence-electron chi connectivity index (χ1n) is 9.93. The number of hydrogen-bond acceptors (Lipinski definition) is 7. The van der Waals surface area contributed by atoms with Gasteiger partial charge in [0.1, 0.15) is 11.5 Å². The van der Waals surface area contributed by atoms with Crippen molar-refractivity contribution in [1.29, 1.82) is 0 Å². The number of carbonyl (C=O) groups is 2. The van der Waals surface area contributed by atoms with Gasteiger partial charge in [0.05, 0.1) is 16.0 Å². The van der Waals surface area contributed by atoms with Crippen molar-refractivity contribution in [2.45, 2.75) is 51.4 Å². The molecule has 12 heteroatoms. The van der Waals surface area contributed by atoms with E-state index in [0.29, 0.717) is 23.9 Å². The molecular formula is C20H24F3N5O3S. The zero-order valence-electron chi connectivity index (χ0n) is 17.8. The molecule has 32 heavy (non-hydrogen) atoms. The monoisotopic (exact) mass is 471 g/mol. The lowest BCUT2D eigenvalue weighted by Crippen LogP contribution is -2.38. The first-order chi connectivity index (χ1) is 14.8. The maximum Gasteiger partial charge on any atom is 0.417 e. The van der Waals surface area contributed by atoms with Crippen LogP contribution in [0.3, 0.4) is 0 Å². The van der Waals surface area contributed by atoms with E-state index in [9.17, 15) is 27.9 Å². The fraction of sp³-hybridized carbons (Fsp3) is 0.500. The molecule has 1 saturated heterocycles. The van der Waals surface area contributed by atoms with E-state index in [1.165, 1.54) is 18.7 Å². The molecule has 2 amide bonds. The third-order valence-corrected chi connectivity index (χ3v) is 6.08. The Kier molecular flexibility index (Phi) is 6.47. The second-order valence-electron chi connectivity index (χ2n) is 8.33. The maximum absolute atomic E-state index is 13.7. The Hall–Kier alpha value is -2.73. The number of aromatic nitrogens is 2. The highest BCUT2D eigenvalue weighted by Gasteiger charge is 2.38. The number of anilines is 1. The standard InChI is InChI=1S/C20H24F3N5O3S/c1-10-5-4-6-28(10)18(30)14-15(11-8-25-13(24)7-12(11)20(21,22)23)32-17(27-14)16(29)26-9-19(2,3)31/h7-8,10,31H,4-6,9H2,1-3H3,(H2,24,25)(H,26,29). The molecule has 3 rings (SSSR count). The van der Waals surface area contributed by atoms with E-state index in [1.807, 2.05) is 6.92 Å². The number of carbonyl (C=O) groups excluding carboxylic acids is 2. The van der Waals surface area contributed by atoms with Crippen LogP contribution in [0.5, 0.6) is 0 Å². The van der Waals surface area contributed by atoms with E-state index in [-0.39, 0.29) is 39.5 Å². The van der Waals surface area contributed by atoms with Crippen LogP contribution in [0.2, 0.25) is 0 Å². The van der Waals surface area contributed by atoms with Crippen LogP contribution in [0.25, 0.3) is 10.4 Å². The molecular weight excluding hydrogens is 447 g/mol. The Morgan fingerprint density at radius 2 is 2.06 bits per heavy atom. The molecule has 1 aliphatic rings. The third-order valence-electron chi connectivity index (χ3n) is 4.99. The van der Waals surface area contributed by atoms with Crippen molar-refractivity contribution >= 4 is 29.0 Å². The fourth-order valence-corrected chi connectivity index (χ4v) is 4.37. The third kappa shape index (κ3) is 5.18. The van der Waals surface area contributed by atoms with Crippen LogP contribution < -0.4 is 11.1 Å². The van der Waals surface area contributed by atoms with Crippen molar-refractivity contribution in [3.05, 3.63) is 28.5 Å². The highest BCUT2D eigenvalue weighted by Crippen LogP contribution is 2.41. The van der Waals surface area contributed by atoms with E-state index in [0.717, 1.165) is 19.0 Å². The van der Waals surface area contributed by atoms with Crippen molar-refractivity contribution in [1.82, 2.24) is 20.2 Å². The highest BCUT2D eigenvalue weighted by molar-refractivity contribution is 7.17. The largest absolute Gasteiger partial charge is 0.417 e. The summed E-state index contributed by atoms with van der Waals surface area (Å²) in [6.07, 6.45) is -2.29. The number of aliphatic hydroxyl groups is 1. The van der Waals surface area contributed by atoms with Crippen LogP contribution in [-0.2, 0) is 6.18 Å². The summed E-state index contributed by atoms with van der Waals surface area (Å²) in [7, 11) is 0. The second-order valence-corrected chi connectivity index (χ2v) is 9.33. The number of rotatable bonds is 5. The van der Waals surface area contributed by atoms with Crippen molar-refractivity contribution in [3.8, 4) is 10.4 Å². The van der Waals surface area contributed by atoms with E-state index >= 15 is 0 Å². The highest BCUT2D eigenvalue weighted by atomic mass is 32.1. The van der Waals surface area contributed by atoms with Gasteiger partial charge in [-0.2, -0.15) is 13.2 Å². The number of hydrogen-bond donors (Lipinski definition) is 3. The summed E-state index contributed by atoms with van der Waals surface area (Å²) in [6.45, 7) is 5.16. The molecule has 0 bridgehead atoms. The minimum absolute atomic E-state index is 0.101. The predicted octanol–water partition coefficient (Wildman–Crippen LogP) is 2.93. The number of nitrogen functional groups attached to an aromatic ring is 1. The van der Waals surface area contributed by atoms with Gasteiger partial charge in [-0.1, -0.05) is 0 Å². The van der Waals surface area contributed by atoms with E-state index in [1.54, 1.807) is 0 Å². The van der Waals surface area contributed by atoms with Gasteiger partial charge >= 0.3 is 6.18 Å². The first-order valence-corrected chi connectivity index (χ1v) is 10.7. The zero-order valence-corrected chi connectivity index (χ0v) is 18.6. The molecule has 0 aromatic carbocycles. The summed E-state index contributed by atoms with van der Waals surface area (Å²) in [5.41, 5.74) is 2.58. The predicted molar refractivity (Wildman–Crippen MR) is 113 cm³/mol. The summed E-state index contributed by atoms with van der Waals surface area (Å²) in [5.74, 6) is -1.58. The van der Waals surface area contributed by atoms with Gasteiger partial charge in [0.25, 0.3) is 11.8 Å². The lowest BCUT2D eigenvalue weighted by atomic mass is 10.1. The SMILES string of the molecule is CC1CCCN1C(=O)c1nc(C(=O)NCC(C)(C)O)sc1-c1cnc(N)cc1C(F)(F)F. The molecule has 1 fully saturated rings. The molecule has 8 nitrogen and oxygen atoms in total. The normalized spacial score (nSPS) is 17.0. The van der Waals surface area contributed by atoms with Gasteiger partial charge < -0.3 is 21.1 Å². The smallest absolute Gasteiger partial charge is 0.389 e. The number of nitrogens with one attached hydrogen (secondary N) is 1. The van der Waals surface area contributed by atoms with Gasteiger partial charge in [-0.15, -0.1) is 11.3 Å². The molecule has 1 atom stereocenters. The number of halogens is 3. The van der Waals surface area contributed by atoms with E-state index < -0.39 is 29.2 Å². The van der Waals surface area contributed by atoms with Crippen LogP contribution in [-0.4, -0.2) is 56.5 Å². The van der Waals surface area contributed by atoms with Gasteiger partial charge in [0, 0.05) is 30.9 Å². The van der Waals surface area contributed by atoms with E-state index in [2.05, 4.69) is 15.3 Å². The average Bonchev–Trinajstić information content (AvgIpc) is 3.31. The zero-order chi connectivity index (χ0) is 23.8. The van der Waals surface area contributed by atoms with Crippen LogP contribution in [0.1, 0.15) is 59.5 Å². The molecule has 0 saturated carbocycles. The van der Waals surface area contributed by atoms with Crippen molar-refractivity contribution in [3.63, 3.8) is 0 Å². The summed E-state index contributed by atoms with van der Waals surface area (Å²) in [6, 6.07) is 0.589. The summed E-state index contributed by atoms with van der Waals surface area (Å²) in [4.78, 5) is 35.1. The van der Waals surface area contributed by atoms with Gasteiger partial charge in [-0.25, -0.2) is 9.97 Å². The van der Waals surface area contributed by atoms with Crippen LogP contribution in [0.15, 0.2) is 12.3 Å². The lowest BCUT2D eigenvalue weighted by Gasteiger charge is -2.21. The minimum Gasteiger partial charge on any atom is -0.389 e. The van der Waals surface area contributed by atoms with Crippen LogP contribution >= 0.6 is 11.3 Å². The molecule has 0 aliphatic carbocycles. The van der Waals surface area contributed by atoms with Crippen molar-refractivity contribution < 1.29 is 27.9 Å². The molecule has 2 aromatic rings. The van der Waals surface area contributed by atoms with Crippen LogP contribution in [0, 0.1) is 0 Å². The maximum atomic E-state index is 13.7. The topological polar surface area (TPSA) is 121 Å². The Labute approximate surface area is 186 Å². The van der Waals surface area contributed by atoms with Gasteiger partial charge in [0.15, 0.2) is 5.01 Å². The van der Waals surface area contributed by atoms with Gasteiger partial charge in [-0.05, 0) is 39.7 Å². The minimum atomic E-state index is -4.76. The number of alkyl halides is 3. The molecule has 4 N–H and O–H groups in total. The quantitative estimate of drug-likeness (QED) is 0.617. The molecule has 3 heterocycles. The van der Waals surface area contributed by atoms with Crippen LogP contribution in [0.4, 0.5) is 19.0 Å². The molecule has 2 aromatic heterocycles. The molecule has 1 unspecified atom stereocenters. The molecule has 0 radical (unpaired) electrons. The number of nitrogens with two attached hydrogens (primary N) is 1. The fourth-order valence-electron chi connectivity index (χ4n) is 3.37. The summed E-state index contributed by atoms with van der Waals surface area (Å²) >= 11 is 0.663. The number of pyridine rings is 1. The Balaban J connectivity index is 2.11. The van der Waals surface area contributed by atoms with E-state index in [4.69, 9.17) is 5.73 Å². The number of likely N-dealkylation sites (tertiary alicyclic amines) is 1. The summed E-state index contributed by atoms with van der Waals surface area (Å²) in [5, 5.41) is 12.1. The lowest BCUT2D eigenvalue weighted by molar-refractivity contribution is -0.137. The molecule has 1 aliphatic heterocycles. The average molecular weight is 472 g/mol.